The predicted molar refractivity (Wildman–Crippen MR) is 86.4 cm³/mol. The average molecular weight is 318 g/mol. The average Bonchev–Trinajstić information content (AvgIpc) is 2.72. The first-order valence-electron chi connectivity index (χ1n) is 7.56. The highest BCUT2D eigenvalue weighted by atomic mass is 16.4. The molecule has 0 radical (unpaired) electrons. The van der Waals surface area contributed by atoms with Crippen molar-refractivity contribution < 1.29 is 14.7 Å². The monoisotopic (exact) mass is 318 g/mol. The molecule has 7 nitrogen and oxygen atoms in total. The van der Waals surface area contributed by atoms with Gasteiger partial charge in [-0.2, -0.15) is 5.10 Å². The number of fused-ring (bicyclic) bond motifs is 1. The lowest BCUT2D eigenvalue weighted by molar-refractivity contribution is -0.137. The van der Waals surface area contributed by atoms with Crippen LogP contribution in [0.15, 0.2) is 6.07 Å². The van der Waals surface area contributed by atoms with Gasteiger partial charge in [-0.1, -0.05) is 0 Å². The van der Waals surface area contributed by atoms with Crippen LogP contribution in [0.2, 0.25) is 0 Å². The number of carboxylic acids is 1. The van der Waals surface area contributed by atoms with Crippen LogP contribution in [0.4, 0.5) is 0 Å². The summed E-state index contributed by atoms with van der Waals surface area (Å²) in [6.07, 6.45) is -0.0802. The minimum Gasteiger partial charge on any atom is -0.481 e. The molecule has 0 aliphatic rings. The maximum absolute atomic E-state index is 13.0. The topological polar surface area (TPSA) is 88.3 Å². The number of carbonyl (C=O) groups excluding carboxylic acids is 1. The summed E-state index contributed by atoms with van der Waals surface area (Å²) in [7, 11) is 1.79. The Hall–Kier alpha value is -2.44. The molecule has 7 heteroatoms. The van der Waals surface area contributed by atoms with Gasteiger partial charge in [0.15, 0.2) is 5.65 Å². The highest BCUT2D eigenvalue weighted by Crippen LogP contribution is 2.23. The van der Waals surface area contributed by atoms with Gasteiger partial charge in [-0.15, -0.1) is 0 Å². The Bertz CT molecular complexity index is 764. The van der Waals surface area contributed by atoms with Crippen LogP contribution in [0.3, 0.4) is 0 Å². The molecule has 0 atom stereocenters. The van der Waals surface area contributed by atoms with Gasteiger partial charge in [0.2, 0.25) is 0 Å². The summed E-state index contributed by atoms with van der Waals surface area (Å²) in [5, 5.41) is 14.0. The van der Waals surface area contributed by atoms with Gasteiger partial charge >= 0.3 is 5.97 Å². The molecule has 1 amide bonds. The number of rotatable bonds is 5. The number of carboxylic acid groups (broad SMARTS) is 1. The molecular weight excluding hydrogens is 296 g/mol. The largest absolute Gasteiger partial charge is 0.481 e. The predicted octanol–water partition coefficient (Wildman–Crippen LogP) is 1.91. The van der Waals surface area contributed by atoms with E-state index in [0.29, 0.717) is 11.2 Å². The Labute approximate surface area is 134 Å². The fourth-order valence-corrected chi connectivity index (χ4v) is 2.70. The quantitative estimate of drug-likeness (QED) is 0.909. The number of amides is 1. The van der Waals surface area contributed by atoms with Crippen LogP contribution in [0.25, 0.3) is 11.0 Å². The summed E-state index contributed by atoms with van der Waals surface area (Å²) >= 11 is 0. The minimum absolute atomic E-state index is 0.0802. The molecule has 0 bridgehead atoms. The van der Waals surface area contributed by atoms with Crippen LogP contribution in [-0.2, 0) is 11.8 Å². The minimum atomic E-state index is -0.919. The third-order valence-corrected chi connectivity index (χ3v) is 3.78. The lowest BCUT2D eigenvalue weighted by Gasteiger charge is -2.26. The van der Waals surface area contributed by atoms with E-state index in [1.807, 2.05) is 27.7 Å². The first-order chi connectivity index (χ1) is 10.7. The van der Waals surface area contributed by atoms with Gasteiger partial charge < -0.3 is 10.0 Å². The van der Waals surface area contributed by atoms with Gasteiger partial charge in [-0.25, -0.2) is 4.98 Å². The second-order valence-electron chi connectivity index (χ2n) is 5.95. The number of aromatic nitrogens is 3. The molecule has 2 heterocycles. The van der Waals surface area contributed by atoms with Crippen molar-refractivity contribution in [2.75, 3.05) is 6.54 Å². The fraction of sp³-hybridized carbons (Fsp3) is 0.500. The number of carbonyl (C=O) groups is 2. The van der Waals surface area contributed by atoms with Gasteiger partial charge in [0.05, 0.1) is 23.1 Å². The van der Waals surface area contributed by atoms with Crippen molar-refractivity contribution in [1.29, 1.82) is 0 Å². The normalized spacial score (nSPS) is 11.2. The van der Waals surface area contributed by atoms with Gasteiger partial charge in [0.1, 0.15) is 0 Å². The van der Waals surface area contributed by atoms with E-state index < -0.39 is 5.97 Å². The first-order valence-corrected chi connectivity index (χ1v) is 7.56. The second kappa shape index (κ2) is 6.36. The summed E-state index contributed by atoms with van der Waals surface area (Å²) in [5.41, 5.74) is 2.65. The summed E-state index contributed by atoms with van der Waals surface area (Å²) in [4.78, 5) is 29.9. The maximum atomic E-state index is 13.0. The number of nitrogens with zero attached hydrogens (tertiary/aromatic N) is 4. The molecule has 0 saturated carbocycles. The van der Waals surface area contributed by atoms with Crippen LogP contribution < -0.4 is 0 Å². The summed E-state index contributed by atoms with van der Waals surface area (Å²) in [5.74, 6) is -1.11. The Morgan fingerprint density at radius 3 is 2.57 bits per heavy atom. The Morgan fingerprint density at radius 1 is 1.35 bits per heavy atom. The van der Waals surface area contributed by atoms with Gasteiger partial charge in [0, 0.05) is 25.3 Å². The van der Waals surface area contributed by atoms with Crippen molar-refractivity contribution in [2.24, 2.45) is 7.05 Å². The number of hydrogen-bond donors (Lipinski definition) is 1. The molecule has 0 saturated heterocycles. The number of hydrogen-bond acceptors (Lipinski definition) is 4. The molecule has 2 aromatic heterocycles. The molecule has 2 aromatic rings. The number of aliphatic carboxylic acids is 1. The highest BCUT2D eigenvalue weighted by molar-refractivity contribution is 6.06. The van der Waals surface area contributed by atoms with Crippen LogP contribution >= 0.6 is 0 Å². The van der Waals surface area contributed by atoms with E-state index in [9.17, 15) is 9.59 Å². The lowest BCUT2D eigenvalue weighted by atomic mass is 10.1. The first kappa shape index (κ1) is 16.9. The fourth-order valence-electron chi connectivity index (χ4n) is 2.70. The molecular formula is C16H22N4O3. The second-order valence-corrected chi connectivity index (χ2v) is 5.95. The molecule has 0 unspecified atom stereocenters. The summed E-state index contributed by atoms with van der Waals surface area (Å²) in [6, 6.07) is 1.65. The van der Waals surface area contributed by atoms with E-state index in [1.165, 1.54) is 0 Å². The zero-order valence-corrected chi connectivity index (χ0v) is 14.1. The van der Waals surface area contributed by atoms with E-state index in [2.05, 4.69) is 10.1 Å². The van der Waals surface area contributed by atoms with E-state index >= 15 is 0 Å². The molecule has 124 valence electrons. The molecule has 0 fully saturated rings. The smallest absolute Gasteiger partial charge is 0.305 e. The molecule has 0 aromatic carbocycles. The van der Waals surface area contributed by atoms with Crippen molar-refractivity contribution in [3.8, 4) is 0 Å². The number of pyridine rings is 1. The summed E-state index contributed by atoms with van der Waals surface area (Å²) < 4.78 is 1.66. The van der Waals surface area contributed by atoms with Gasteiger partial charge in [-0.3, -0.25) is 14.3 Å². The third-order valence-electron chi connectivity index (χ3n) is 3.78. The van der Waals surface area contributed by atoms with Gasteiger partial charge in [-0.05, 0) is 33.8 Å². The zero-order chi connectivity index (χ0) is 17.3. The van der Waals surface area contributed by atoms with Crippen molar-refractivity contribution in [2.45, 2.75) is 40.2 Å². The molecule has 23 heavy (non-hydrogen) atoms. The molecule has 0 aliphatic carbocycles. The van der Waals surface area contributed by atoms with Crippen LogP contribution in [0.1, 0.15) is 42.0 Å². The van der Waals surface area contributed by atoms with E-state index in [1.54, 1.807) is 22.7 Å². The van der Waals surface area contributed by atoms with Crippen LogP contribution in [-0.4, -0.2) is 49.2 Å². The zero-order valence-electron chi connectivity index (χ0n) is 14.1. The van der Waals surface area contributed by atoms with E-state index in [4.69, 9.17) is 5.11 Å². The Balaban J connectivity index is 2.52. The lowest BCUT2D eigenvalue weighted by Crippen LogP contribution is -2.38. The van der Waals surface area contributed by atoms with Crippen molar-refractivity contribution in [3.05, 3.63) is 23.0 Å². The highest BCUT2D eigenvalue weighted by Gasteiger charge is 2.24. The van der Waals surface area contributed by atoms with Crippen LogP contribution in [0, 0.1) is 13.8 Å². The van der Waals surface area contributed by atoms with Gasteiger partial charge in [0.25, 0.3) is 5.91 Å². The maximum Gasteiger partial charge on any atom is 0.305 e. The SMILES string of the molecule is Cc1cc(C(=O)N(CCC(=O)O)C(C)C)c2c(C)nn(C)c2n1. The van der Waals surface area contributed by atoms with E-state index in [0.717, 1.165) is 16.8 Å². The van der Waals surface area contributed by atoms with Crippen LogP contribution in [0.5, 0.6) is 0 Å². The molecule has 0 spiro atoms. The van der Waals surface area contributed by atoms with E-state index in [-0.39, 0.29) is 24.9 Å². The van der Waals surface area contributed by atoms with Crippen molar-refractivity contribution in [3.63, 3.8) is 0 Å². The number of aryl methyl sites for hydroxylation is 3. The molecule has 0 aliphatic heterocycles. The van der Waals surface area contributed by atoms with Crippen molar-refractivity contribution in [1.82, 2.24) is 19.7 Å². The molecule has 1 N–H and O–H groups in total. The standard InChI is InChI=1S/C16H22N4O3/c1-9(2)20(7-6-13(21)22)16(23)12-8-10(3)17-15-14(12)11(4)18-19(15)5/h8-9H,6-7H2,1-5H3,(H,21,22). The van der Waals surface area contributed by atoms with Crippen molar-refractivity contribution >= 4 is 22.9 Å². The Kier molecular flexibility index (Phi) is 4.68. The summed E-state index contributed by atoms with van der Waals surface area (Å²) in [6.45, 7) is 7.60. The molecule has 2 rings (SSSR count). The Morgan fingerprint density at radius 2 is 2.00 bits per heavy atom. The third kappa shape index (κ3) is 3.33.